The van der Waals surface area contributed by atoms with Gasteiger partial charge in [0.1, 0.15) is 0 Å². The average molecular weight is 190 g/mol. The van der Waals surface area contributed by atoms with Gasteiger partial charge in [-0.2, -0.15) is 13.9 Å². The summed E-state index contributed by atoms with van der Waals surface area (Å²) in [6, 6.07) is 1.41. The lowest BCUT2D eigenvalue weighted by atomic mass is 10.1. The van der Waals surface area contributed by atoms with Gasteiger partial charge >= 0.3 is 6.61 Å². The minimum atomic E-state index is -2.81. The summed E-state index contributed by atoms with van der Waals surface area (Å²) in [6.07, 6.45) is 1.43. The number of aromatic nitrogens is 2. The molecule has 1 aromatic heterocycles. The van der Waals surface area contributed by atoms with E-state index in [0.29, 0.717) is 0 Å². The molecule has 5 heteroatoms. The molecule has 0 saturated heterocycles. The number of alkyl halides is 2. The molecule has 0 aliphatic rings. The molecule has 0 aliphatic carbocycles. The normalized spacial score (nSPS) is 12.2. The van der Waals surface area contributed by atoms with E-state index in [4.69, 9.17) is 0 Å². The smallest absolute Gasteiger partial charge is 0.388 e. The van der Waals surface area contributed by atoms with Crippen LogP contribution in [0.2, 0.25) is 0 Å². The summed E-state index contributed by atoms with van der Waals surface area (Å²) >= 11 is 0. The van der Waals surface area contributed by atoms with Gasteiger partial charge in [-0.1, -0.05) is 0 Å². The third-order valence-electron chi connectivity index (χ3n) is 1.45. The van der Waals surface area contributed by atoms with Gasteiger partial charge in [-0.15, -0.1) is 0 Å². The van der Waals surface area contributed by atoms with Gasteiger partial charge in [0.25, 0.3) is 0 Å². The summed E-state index contributed by atoms with van der Waals surface area (Å²) in [4.78, 5) is 0. The quantitative estimate of drug-likeness (QED) is 0.715. The molecular weight excluding hydrogens is 178 g/mol. The first-order valence-electron chi connectivity index (χ1n) is 3.90. The maximum absolute atomic E-state index is 11.9. The van der Waals surface area contributed by atoms with Crippen LogP contribution < -0.4 is 4.74 Å². The third-order valence-corrected chi connectivity index (χ3v) is 1.45. The molecule has 1 heterocycles. The van der Waals surface area contributed by atoms with E-state index in [2.05, 4.69) is 9.84 Å². The van der Waals surface area contributed by atoms with Crippen LogP contribution in [0.1, 0.15) is 20.8 Å². The largest absolute Gasteiger partial charge is 0.417 e. The summed E-state index contributed by atoms with van der Waals surface area (Å²) in [6.45, 7) is 2.77. The zero-order valence-corrected chi connectivity index (χ0v) is 7.79. The topological polar surface area (TPSA) is 27.1 Å². The first kappa shape index (κ1) is 9.95. The maximum Gasteiger partial charge on any atom is 0.388 e. The van der Waals surface area contributed by atoms with Gasteiger partial charge in [-0.05, 0) is 20.8 Å². The molecule has 0 unspecified atom stereocenters. The van der Waals surface area contributed by atoms with Crippen LogP contribution in [-0.4, -0.2) is 16.4 Å². The number of halogens is 2. The fourth-order valence-corrected chi connectivity index (χ4v) is 0.976. The maximum atomic E-state index is 11.9. The van der Waals surface area contributed by atoms with Crippen LogP contribution in [0, 0.1) is 0 Å². The molecule has 0 amide bonds. The van der Waals surface area contributed by atoms with Gasteiger partial charge in [0.2, 0.25) is 5.88 Å². The van der Waals surface area contributed by atoms with Gasteiger partial charge in [0.05, 0.1) is 11.7 Å². The van der Waals surface area contributed by atoms with Crippen molar-refractivity contribution in [2.45, 2.75) is 32.9 Å². The van der Waals surface area contributed by atoms with Crippen molar-refractivity contribution in [2.75, 3.05) is 0 Å². The molecule has 0 spiro atoms. The van der Waals surface area contributed by atoms with E-state index in [9.17, 15) is 8.78 Å². The number of hydrogen-bond acceptors (Lipinski definition) is 2. The van der Waals surface area contributed by atoms with Gasteiger partial charge in [0, 0.05) is 6.07 Å². The van der Waals surface area contributed by atoms with Crippen molar-refractivity contribution in [1.29, 1.82) is 0 Å². The highest BCUT2D eigenvalue weighted by Gasteiger charge is 2.19. The van der Waals surface area contributed by atoms with E-state index in [1.165, 1.54) is 16.9 Å². The lowest BCUT2D eigenvalue weighted by Gasteiger charge is -2.21. The van der Waals surface area contributed by atoms with Crippen LogP contribution in [0.4, 0.5) is 8.78 Å². The Morgan fingerprint density at radius 1 is 1.46 bits per heavy atom. The van der Waals surface area contributed by atoms with Crippen molar-refractivity contribution in [2.24, 2.45) is 0 Å². The summed E-state index contributed by atoms with van der Waals surface area (Å²) in [5, 5.41) is 3.90. The first-order valence-corrected chi connectivity index (χ1v) is 3.90. The first-order chi connectivity index (χ1) is 5.91. The van der Waals surface area contributed by atoms with Crippen LogP contribution in [0.3, 0.4) is 0 Å². The Balaban J connectivity index is 2.90. The molecule has 74 valence electrons. The summed E-state index contributed by atoms with van der Waals surface area (Å²) < 4.78 is 29.5. The van der Waals surface area contributed by atoms with E-state index < -0.39 is 6.61 Å². The van der Waals surface area contributed by atoms with E-state index in [0.717, 1.165) is 0 Å². The zero-order valence-electron chi connectivity index (χ0n) is 7.79. The number of hydrogen-bond donors (Lipinski definition) is 0. The second kappa shape index (κ2) is 3.32. The Morgan fingerprint density at radius 3 is 2.54 bits per heavy atom. The Kier molecular flexibility index (Phi) is 2.54. The molecule has 0 aromatic carbocycles. The lowest BCUT2D eigenvalue weighted by molar-refractivity contribution is -0.0578. The Bertz CT molecular complexity index is 278. The molecule has 13 heavy (non-hydrogen) atoms. The second-order valence-corrected chi connectivity index (χ2v) is 3.63. The molecule has 3 nitrogen and oxygen atoms in total. The Hall–Kier alpha value is -1.13. The van der Waals surface area contributed by atoms with Gasteiger partial charge < -0.3 is 4.74 Å². The summed E-state index contributed by atoms with van der Waals surface area (Å²) in [7, 11) is 0. The van der Waals surface area contributed by atoms with E-state index in [1.54, 1.807) is 0 Å². The minimum Gasteiger partial charge on any atom is -0.417 e. The van der Waals surface area contributed by atoms with Gasteiger partial charge in [0.15, 0.2) is 0 Å². The average Bonchev–Trinajstić information content (AvgIpc) is 2.31. The second-order valence-electron chi connectivity index (χ2n) is 3.63. The van der Waals surface area contributed by atoms with Crippen LogP contribution >= 0.6 is 0 Å². The van der Waals surface area contributed by atoms with E-state index >= 15 is 0 Å². The highest BCUT2D eigenvalue weighted by Crippen LogP contribution is 2.22. The Labute approximate surface area is 75.3 Å². The fraction of sp³-hybridized carbons (Fsp3) is 0.625. The van der Waals surface area contributed by atoms with Crippen LogP contribution in [-0.2, 0) is 5.54 Å². The molecule has 0 saturated carbocycles. The minimum absolute atomic E-state index is 0.0856. The number of rotatable bonds is 2. The molecule has 0 N–H and O–H groups in total. The SMILES string of the molecule is CC(C)(C)n1nccc1OC(F)F. The third kappa shape index (κ3) is 2.40. The summed E-state index contributed by atoms with van der Waals surface area (Å²) in [5.74, 6) is 0.0856. The molecular formula is C8H12F2N2O. The van der Waals surface area contributed by atoms with Gasteiger partial charge in [-0.3, -0.25) is 0 Å². The van der Waals surface area contributed by atoms with Crippen molar-refractivity contribution in [3.63, 3.8) is 0 Å². The van der Waals surface area contributed by atoms with Crippen molar-refractivity contribution in [1.82, 2.24) is 9.78 Å². The molecule has 1 aromatic rings. The van der Waals surface area contributed by atoms with Crippen molar-refractivity contribution in [3.05, 3.63) is 12.3 Å². The van der Waals surface area contributed by atoms with Crippen LogP contribution in [0.15, 0.2) is 12.3 Å². The predicted octanol–water partition coefficient (Wildman–Crippen LogP) is 2.24. The zero-order chi connectivity index (χ0) is 10.1. The number of nitrogens with zero attached hydrogens (tertiary/aromatic N) is 2. The predicted molar refractivity (Wildman–Crippen MR) is 43.9 cm³/mol. The molecule has 1 rings (SSSR count). The standard InChI is InChI=1S/C8H12F2N2O/c1-8(2,3)12-6(4-5-11-12)13-7(9)10/h4-5,7H,1-3H3. The van der Waals surface area contributed by atoms with E-state index in [-0.39, 0.29) is 11.4 Å². The molecule has 0 bridgehead atoms. The monoisotopic (exact) mass is 190 g/mol. The highest BCUT2D eigenvalue weighted by molar-refractivity contribution is 5.10. The molecule has 0 fully saturated rings. The highest BCUT2D eigenvalue weighted by atomic mass is 19.3. The molecule has 0 aliphatic heterocycles. The van der Waals surface area contributed by atoms with Gasteiger partial charge in [-0.25, -0.2) is 4.68 Å². The van der Waals surface area contributed by atoms with Crippen molar-refractivity contribution >= 4 is 0 Å². The molecule has 0 atom stereocenters. The number of ether oxygens (including phenoxy) is 1. The van der Waals surface area contributed by atoms with E-state index in [1.807, 2.05) is 20.8 Å². The fourth-order valence-electron chi connectivity index (χ4n) is 0.976. The summed E-state index contributed by atoms with van der Waals surface area (Å²) in [5.41, 5.74) is -0.353. The van der Waals surface area contributed by atoms with Crippen molar-refractivity contribution < 1.29 is 13.5 Å². The lowest BCUT2D eigenvalue weighted by Crippen LogP contribution is -2.24. The van der Waals surface area contributed by atoms with Crippen LogP contribution in [0.25, 0.3) is 0 Å². The van der Waals surface area contributed by atoms with Crippen molar-refractivity contribution in [3.8, 4) is 5.88 Å². The molecule has 0 radical (unpaired) electrons. The Morgan fingerprint density at radius 2 is 2.08 bits per heavy atom. The van der Waals surface area contributed by atoms with Crippen LogP contribution in [0.5, 0.6) is 5.88 Å².